The van der Waals surface area contributed by atoms with Crippen LogP contribution >= 0.6 is 0 Å². The molecule has 2 heterocycles. The number of pyridine rings is 2. The van der Waals surface area contributed by atoms with Gasteiger partial charge in [0, 0.05) is 36.7 Å². The first-order valence-corrected chi connectivity index (χ1v) is 6.34. The lowest BCUT2D eigenvalue weighted by Crippen LogP contribution is -2.23. The fourth-order valence-electron chi connectivity index (χ4n) is 1.96. The van der Waals surface area contributed by atoms with E-state index >= 15 is 0 Å². The summed E-state index contributed by atoms with van der Waals surface area (Å²) in [5, 5.41) is 3.48. The Labute approximate surface area is 108 Å². The lowest BCUT2D eigenvalue weighted by Gasteiger charge is -2.17. The first-order chi connectivity index (χ1) is 8.79. The minimum atomic E-state index is 0.277. The van der Waals surface area contributed by atoms with Gasteiger partial charge in [-0.15, -0.1) is 0 Å². The maximum atomic E-state index is 4.47. The second-order valence-electron chi connectivity index (χ2n) is 4.43. The van der Waals surface area contributed by atoms with Crippen molar-refractivity contribution in [3.63, 3.8) is 0 Å². The zero-order valence-corrected chi connectivity index (χ0v) is 10.9. The first-order valence-electron chi connectivity index (χ1n) is 6.34. The van der Waals surface area contributed by atoms with Gasteiger partial charge in [0.25, 0.3) is 0 Å². The highest BCUT2D eigenvalue weighted by Gasteiger charge is 2.11. The maximum Gasteiger partial charge on any atom is 0.0422 e. The Hall–Kier alpha value is -1.74. The Balaban J connectivity index is 2.14. The summed E-state index contributed by atoms with van der Waals surface area (Å²) >= 11 is 0. The number of aromatic nitrogens is 2. The molecule has 0 spiro atoms. The maximum absolute atomic E-state index is 4.47. The Morgan fingerprint density at radius 1 is 1.22 bits per heavy atom. The van der Waals surface area contributed by atoms with Gasteiger partial charge in [0.15, 0.2) is 0 Å². The fourth-order valence-corrected chi connectivity index (χ4v) is 1.96. The zero-order valence-electron chi connectivity index (χ0n) is 10.9. The van der Waals surface area contributed by atoms with Gasteiger partial charge >= 0.3 is 0 Å². The topological polar surface area (TPSA) is 37.8 Å². The molecule has 0 aliphatic heterocycles. The van der Waals surface area contributed by atoms with E-state index in [1.807, 2.05) is 18.5 Å². The van der Waals surface area contributed by atoms with Gasteiger partial charge in [0.05, 0.1) is 0 Å². The summed E-state index contributed by atoms with van der Waals surface area (Å²) in [6.45, 7) is 5.11. The molecule has 94 valence electrons. The van der Waals surface area contributed by atoms with E-state index in [1.54, 1.807) is 6.20 Å². The highest BCUT2D eigenvalue weighted by atomic mass is 14.9. The van der Waals surface area contributed by atoms with Crippen LogP contribution in [-0.4, -0.2) is 16.5 Å². The van der Waals surface area contributed by atoms with Crippen molar-refractivity contribution in [2.75, 3.05) is 6.54 Å². The van der Waals surface area contributed by atoms with Gasteiger partial charge in [-0.25, -0.2) is 0 Å². The molecule has 0 saturated carbocycles. The average Bonchev–Trinajstić information content (AvgIpc) is 2.42. The predicted octanol–water partition coefficient (Wildman–Crippen LogP) is 2.68. The van der Waals surface area contributed by atoms with Crippen LogP contribution in [0.1, 0.15) is 29.8 Å². The summed E-state index contributed by atoms with van der Waals surface area (Å²) < 4.78 is 0. The van der Waals surface area contributed by atoms with Crippen molar-refractivity contribution in [2.45, 2.75) is 26.3 Å². The monoisotopic (exact) mass is 241 g/mol. The molecule has 2 rings (SSSR count). The van der Waals surface area contributed by atoms with Gasteiger partial charge in [-0.2, -0.15) is 0 Å². The zero-order chi connectivity index (χ0) is 12.8. The van der Waals surface area contributed by atoms with Crippen LogP contribution in [0.2, 0.25) is 0 Å². The van der Waals surface area contributed by atoms with Crippen LogP contribution in [0.4, 0.5) is 0 Å². The molecule has 1 unspecified atom stereocenters. The molecule has 18 heavy (non-hydrogen) atoms. The molecular weight excluding hydrogens is 222 g/mol. The van der Waals surface area contributed by atoms with Gasteiger partial charge in [0.2, 0.25) is 0 Å². The van der Waals surface area contributed by atoms with Gasteiger partial charge < -0.3 is 5.32 Å². The Bertz CT molecular complexity index is 465. The molecule has 0 amide bonds. The van der Waals surface area contributed by atoms with Crippen molar-refractivity contribution < 1.29 is 0 Å². The minimum absolute atomic E-state index is 0.277. The molecule has 3 heteroatoms. The molecule has 0 fully saturated rings. The van der Waals surface area contributed by atoms with Crippen molar-refractivity contribution in [1.82, 2.24) is 15.3 Å². The molecule has 0 aromatic carbocycles. The molecule has 0 aliphatic carbocycles. The second-order valence-corrected chi connectivity index (χ2v) is 4.43. The molecule has 0 bridgehead atoms. The van der Waals surface area contributed by atoms with E-state index in [-0.39, 0.29) is 6.04 Å². The normalized spacial score (nSPS) is 12.3. The van der Waals surface area contributed by atoms with E-state index in [4.69, 9.17) is 0 Å². The largest absolute Gasteiger partial charge is 0.310 e. The summed E-state index contributed by atoms with van der Waals surface area (Å²) in [5.74, 6) is 0. The molecule has 0 saturated heterocycles. The summed E-state index contributed by atoms with van der Waals surface area (Å²) in [7, 11) is 0. The van der Waals surface area contributed by atoms with Crippen molar-refractivity contribution >= 4 is 0 Å². The highest BCUT2D eigenvalue weighted by Crippen LogP contribution is 2.16. The van der Waals surface area contributed by atoms with Crippen molar-refractivity contribution in [2.24, 2.45) is 0 Å². The van der Waals surface area contributed by atoms with E-state index in [0.717, 1.165) is 18.7 Å². The molecule has 0 radical (unpaired) electrons. The number of nitrogens with one attached hydrogen (secondary N) is 1. The second kappa shape index (κ2) is 6.26. The van der Waals surface area contributed by atoms with Gasteiger partial charge in [-0.3, -0.25) is 9.97 Å². The SMILES string of the molecule is CCNC(Cc1ccc(C)cn1)c1cccnc1. The van der Waals surface area contributed by atoms with Crippen molar-refractivity contribution in [3.05, 3.63) is 59.7 Å². The Morgan fingerprint density at radius 2 is 2.11 bits per heavy atom. The standard InChI is InChI=1S/C15H19N3/c1-3-17-15(13-5-4-8-16-11-13)9-14-7-6-12(2)10-18-14/h4-8,10-11,15,17H,3,9H2,1-2H3. The molecule has 0 aliphatic rings. The van der Waals surface area contributed by atoms with Crippen LogP contribution in [0.5, 0.6) is 0 Å². The van der Waals surface area contributed by atoms with Crippen LogP contribution in [0.15, 0.2) is 42.9 Å². The predicted molar refractivity (Wildman–Crippen MR) is 73.3 cm³/mol. The summed E-state index contributed by atoms with van der Waals surface area (Å²) in [6.07, 6.45) is 6.53. The number of aryl methyl sites for hydroxylation is 1. The van der Waals surface area contributed by atoms with Crippen molar-refractivity contribution in [3.8, 4) is 0 Å². The summed E-state index contributed by atoms with van der Waals surface area (Å²) in [6, 6.07) is 8.56. The van der Waals surface area contributed by atoms with Crippen LogP contribution in [-0.2, 0) is 6.42 Å². The number of rotatable bonds is 5. The van der Waals surface area contributed by atoms with Crippen LogP contribution in [0.3, 0.4) is 0 Å². The quantitative estimate of drug-likeness (QED) is 0.874. The van der Waals surface area contributed by atoms with E-state index in [0.29, 0.717) is 0 Å². The summed E-state index contributed by atoms with van der Waals surface area (Å²) in [5.41, 5.74) is 3.51. The molecule has 2 aromatic heterocycles. The first kappa shape index (κ1) is 12.7. The molecular formula is C15H19N3. The van der Waals surface area contributed by atoms with Gasteiger partial charge in [-0.1, -0.05) is 19.1 Å². The van der Waals surface area contributed by atoms with E-state index in [9.17, 15) is 0 Å². The smallest absolute Gasteiger partial charge is 0.0422 e. The van der Waals surface area contributed by atoms with E-state index < -0.39 is 0 Å². The Kier molecular flexibility index (Phi) is 4.42. The molecule has 1 atom stereocenters. The molecule has 3 nitrogen and oxygen atoms in total. The third-order valence-corrected chi connectivity index (χ3v) is 2.92. The third kappa shape index (κ3) is 3.37. The number of hydrogen-bond acceptors (Lipinski definition) is 3. The molecule has 2 aromatic rings. The molecule has 1 N–H and O–H groups in total. The highest BCUT2D eigenvalue weighted by molar-refractivity contribution is 5.19. The average molecular weight is 241 g/mol. The third-order valence-electron chi connectivity index (χ3n) is 2.92. The minimum Gasteiger partial charge on any atom is -0.310 e. The van der Waals surface area contributed by atoms with Crippen LogP contribution in [0, 0.1) is 6.92 Å². The van der Waals surface area contributed by atoms with E-state index in [1.165, 1.54) is 11.1 Å². The van der Waals surface area contributed by atoms with Crippen molar-refractivity contribution in [1.29, 1.82) is 0 Å². The van der Waals surface area contributed by atoms with Crippen LogP contribution < -0.4 is 5.32 Å². The number of hydrogen-bond donors (Lipinski definition) is 1. The van der Waals surface area contributed by atoms with E-state index in [2.05, 4.69) is 47.3 Å². The number of nitrogens with zero attached hydrogens (tertiary/aromatic N) is 2. The lowest BCUT2D eigenvalue weighted by atomic mass is 10.0. The lowest BCUT2D eigenvalue weighted by molar-refractivity contribution is 0.542. The van der Waals surface area contributed by atoms with Crippen LogP contribution in [0.25, 0.3) is 0 Å². The summed E-state index contributed by atoms with van der Waals surface area (Å²) in [4.78, 5) is 8.65. The van der Waals surface area contributed by atoms with Gasteiger partial charge in [0.1, 0.15) is 0 Å². The Morgan fingerprint density at radius 3 is 2.72 bits per heavy atom. The fraction of sp³-hybridized carbons (Fsp3) is 0.333. The van der Waals surface area contributed by atoms with Gasteiger partial charge in [-0.05, 0) is 36.7 Å². The number of likely N-dealkylation sites (N-methyl/N-ethyl adjacent to an activating group) is 1.